The molecule has 0 saturated heterocycles. The van der Waals surface area contributed by atoms with Crippen molar-refractivity contribution in [3.8, 4) is 0 Å². The van der Waals surface area contributed by atoms with Gasteiger partial charge in [-0.05, 0) is 19.4 Å². The van der Waals surface area contributed by atoms with Gasteiger partial charge >= 0.3 is 0 Å². The number of hydrogen-bond donors (Lipinski definition) is 2. The molecular formula is C11H15NOS. The summed E-state index contributed by atoms with van der Waals surface area (Å²) in [5.74, 6) is 0. The first-order valence-corrected chi connectivity index (χ1v) is 4.97. The van der Waals surface area contributed by atoms with Gasteiger partial charge < -0.3 is 10.4 Å². The maximum absolute atomic E-state index is 9.59. The van der Waals surface area contributed by atoms with Crippen LogP contribution in [-0.2, 0) is 0 Å². The third-order valence-corrected chi connectivity index (χ3v) is 2.55. The Balaban J connectivity index is 3.21. The number of rotatable bonds is 2. The van der Waals surface area contributed by atoms with Crippen molar-refractivity contribution >= 4 is 17.2 Å². The van der Waals surface area contributed by atoms with Crippen LogP contribution in [0.4, 0.5) is 0 Å². The van der Waals surface area contributed by atoms with E-state index in [2.05, 4.69) is 5.32 Å². The number of aliphatic hydroxyl groups is 1. The van der Waals surface area contributed by atoms with E-state index in [4.69, 9.17) is 12.2 Å². The Bertz CT molecular complexity index is 347. The Morgan fingerprint density at radius 3 is 2.64 bits per heavy atom. The molecule has 3 heteroatoms. The minimum Gasteiger partial charge on any atom is -0.389 e. The summed E-state index contributed by atoms with van der Waals surface area (Å²) in [5, 5.41) is 12.5. The van der Waals surface area contributed by atoms with Crippen molar-refractivity contribution in [2.24, 2.45) is 0 Å². The van der Waals surface area contributed by atoms with Gasteiger partial charge in [0.25, 0.3) is 0 Å². The number of thiocarbonyl (C=S) groups is 1. The van der Waals surface area contributed by atoms with Gasteiger partial charge in [-0.1, -0.05) is 36.0 Å². The fourth-order valence-electron chi connectivity index (χ4n) is 1.37. The minimum atomic E-state index is -0.490. The van der Waals surface area contributed by atoms with Crippen LogP contribution in [0.1, 0.15) is 29.7 Å². The Labute approximate surface area is 90.0 Å². The molecule has 0 fully saturated rings. The number of benzene rings is 1. The highest BCUT2D eigenvalue weighted by Crippen LogP contribution is 2.19. The van der Waals surface area contributed by atoms with Gasteiger partial charge in [-0.3, -0.25) is 0 Å². The summed E-state index contributed by atoms with van der Waals surface area (Å²) >= 11 is 5.15. The largest absolute Gasteiger partial charge is 0.389 e. The monoisotopic (exact) mass is 209 g/mol. The molecule has 2 nitrogen and oxygen atoms in total. The first-order valence-electron chi connectivity index (χ1n) is 4.57. The lowest BCUT2D eigenvalue weighted by atomic mass is 10.0. The average Bonchev–Trinajstić information content (AvgIpc) is 2.16. The van der Waals surface area contributed by atoms with Crippen LogP contribution >= 0.6 is 12.2 Å². The van der Waals surface area contributed by atoms with Crippen LogP contribution in [0, 0.1) is 6.92 Å². The molecule has 2 N–H and O–H groups in total. The molecule has 0 aromatic heterocycles. The van der Waals surface area contributed by atoms with E-state index in [1.807, 2.05) is 25.1 Å². The molecule has 0 aliphatic heterocycles. The number of hydrogen-bond acceptors (Lipinski definition) is 2. The van der Waals surface area contributed by atoms with Crippen molar-refractivity contribution in [3.63, 3.8) is 0 Å². The lowest BCUT2D eigenvalue weighted by Crippen LogP contribution is -2.19. The molecule has 1 aromatic rings. The third kappa shape index (κ3) is 2.30. The van der Waals surface area contributed by atoms with Crippen LogP contribution < -0.4 is 5.32 Å². The first-order chi connectivity index (χ1) is 6.56. The molecule has 14 heavy (non-hydrogen) atoms. The maximum atomic E-state index is 9.59. The smallest absolute Gasteiger partial charge is 0.106 e. The molecule has 0 spiro atoms. The lowest BCUT2D eigenvalue weighted by Gasteiger charge is -2.13. The zero-order valence-corrected chi connectivity index (χ0v) is 9.48. The third-order valence-electron chi connectivity index (χ3n) is 2.13. The molecule has 1 atom stereocenters. The molecular weight excluding hydrogens is 194 g/mol. The van der Waals surface area contributed by atoms with Gasteiger partial charge in [-0.25, -0.2) is 0 Å². The van der Waals surface area contributed by atoms with Crippen molar-refractivity contribution in [1.82, 2.24) is 5.32 Å². The Kier molecular flexibility index (Phi) is 3.61. The normalized spacial score (nSPS) is 12.3. The van der Waals surface area contributed by atoms with Gasteiger partial charge in [0.2, 0.25) is 0 Å². The number of aliphatic hydroxyl groups excluding tert-OH is 1. The molecule has 0 aliphatic rings. The van der Waals surface area contributed by atoms with Crippen molar-refractivity contribution < 1.29 is 5.11 Å². The molecule has 1 rings (SSSR count). The zero-order valence-electron chi connectivity index (χ0n) is 8.66. The molecule has 0 aliphatic carbocycles. The van der Waals surface area contributed by atoms with Crippen LogP contribution in [0.2, 0.25) is 0 Å². The zero-order chi connectivity index (χ0) is 10.7. The highest BCUT2D eigenvalue weighted by atomic mass is 32.1. The van der Waals surface area contributed by atoms with Crippen molar-refractivity contribution in [3.05, 3.63) is 34.9 Å². The summed E-state index contributed by atoms with van der Waals surface area (Å²) in [4.78, 5) is 0.668. The van der Waals surface area contributed by atoms with Gasteiger partial charge in [0.15, 0.2) is 0 Å². The number of nitrogens with one attached hydrogen (secondary N) is 1. The SMILES string of the molecule is CNC(=S)c1ccc(C)cc1C(C)O. The van der Waals surface area contributed by atoms with E-state index in [1.54, 1.807) is 14.0 Å². The van der Waals surface area contributed by atoms with Crippen LogP contribution in [0.25, 0.3) is 0 Å². The molecule has 0 saturated carbocycles. The Hall–Kier alpha value is -0.930. The second kappa shape index (κ2) is 4.53. The number of aryl methyl sites for hydroxylation is 1. The summed E-state index contributed by atoms with van der Waals surface area (Å²) in [5.41, 5.74) is 2.91. The Morgan fingerprint density at radius 1 is 1.50 bits per heavy atom. The van der Waals surface area contributed by atoms with E-state index in [0.29, 0.717) is 4.99 Å². The van der Waals surface area contributed by atoms with Crippen molar-refractivity contribution in [2.75, 3.05) is 7.05 Å². The molecule has 1 aromatic carbocycles. The van der Waals surface area contributed by atoms with E-state index in [9.17, 15) is 5.11 Å². The van der Waals surface area contributed by atoms with Gasteiger partial charge in [0, 0.05) is 12.6 Å². The van der Waals surface area contributed by atoms with Gasteiger partial charge in [-0.15, -0.1) is 0 Å². The van der Waals surface area contributed by atoms with E-state index < -0.39 is 6.10 Å². The van der Waals surface area contributed by atoms with E-state index >= 15 is 0 Å². The van der Waals surface area contributed by atoms with E-state index in [-0.39, 0.29) is 0 Å². The molecule has 76 valence electrons. The second-order valence-corrected chi connectivity index (χ2v) is 3.75. The molecule has 0 radical (unpaired) electrons. The summed E-state index contributed by atoms with van der Waals surface area (Å²) < 4.78 is 0. The lowest BCUT2D eigenvalue weighted by molar-refractivity contribution is 0.199. The highest BCUT2D eigenvalue weighted by Gasteiger charge is 2.10. The summed E-state index contributed by atoms with van der Waals surface area (Å²) in [6.45, 7) is 3.74. The van der Waals surface area contributed by atoms with Crippen LogP contribution in [-0.4, -0.2) is 17.1 Å². The van der Waals surface area contributed by atoms with Gasteiger partial charge in [0.1, 0.15) is 4.99 Å². The average molecular weight is 209 g/mol. The quantitative estimate of drug-likeness (QED) is 0.730. The fourth-order valence-corrected chi connectivity index (χ4v) is 1.56. The van der Waals surface area contributed by atoms with Gasteiger partial charge in [0.05, 0.1) is 6.10 Å². The highest BCUT2D eigenvalue weighted by molar-refractivity contribution is 7.80. The molecule has 0 amide bonds. The predicted octanol–water partition coefficient (Wildman–Crippen LogP) is 1.94. The van der Waals surface area contributed by atoms with Gasteiger partial charge in [-0.2, -0.15) is 0 Å². The Morgan fingerprint density at radius 2 is 2.14 bits per heavy atom. The summed E-state index contributed by atoms with van der Waals surface area (Å²) in [7, 11) is 1.79. The molecule has 0 bridgehead atoms. The van der Waals surface area contributed by atoms with Crippen molar-refractivity contribution in [2.45, 2.75) is 20.0 Å². The topological polar surface area (TPSA) is 32.3 Å². The van der Waals surface area contributed by atoms with Crippen molar-refractivity contribution in [1.29, 1.82) is 0 Å². The van der Waals surface area contributed by atoms with Crippen LogP contribution in [0.15, 0.2) is 18.2 Å². The standard InChI is InChI=1S/C11H15NOS/c1-7-4-5-9(11(14)12-3)10(6-7)8(2)13/h4-6,8,13H,1-3H3,(H,12,14). The molecule has 0 heterocycles. The fraction of sp³-hybridized carbons (Fsp3) is 0.364. The minimum absolute atomic E-state index is 0.490. The van der Waals surface area contributed by atoms with Crippen LogP contribution in [0.5, 0.6) is 0 Å². The summed E-state index contributed by atoms with van der Waals surface area (Å²) in [6, 6.07) is 5.89. The second-order valence-electron chi connectivity index (χ2n) is 3.35. The first kappa shape index (κ1) is 11.1. The maximum Gasteiger partial charge on any atom is 0.106 e. The van der Waals surface area contributed by atoms with E-state index in [1.165, 1.54) is 0 Å². The molecule has 1 unspecified atom stereocenters. The van der Waals surface area contributed by atoms with E-state index in [0.717, 1.165) is 16.7 Å². The van der Waals surface area contributed by atoms with Crippen LogP contribution in [0.3, 0.4) is 0 Å². The summed E-state index contributed by atoms with van der Waals surface area (Å²) in [6.07, 6.45) is -0.490. The predicted molar refractivity (Wildman–Crippen MR) is 62.6 cm³/mol.